The summed E-state index contributed by atoms with van der Waals surface area (Å²) in [6, 6.07) is 18.8. The molecule has 0 spiro atoms. The maximum absolute atomic E-state index is 13.1. The predicted octanol–water partition coefficient (Wildman–Crippen LogP) is 5.58. The van der Waals surface area contributed by atoms with Crippen molar-refractivity contribution in [1.29, 1.82) is 0 Å². The molecule has 18 heteroatoms. The van der Waals surface area contributed by atoms with Crippen molar-refractivity contribution in [3.05, 3.63) is 71.8 Å². The number of hydrogen-bond donors (Lipinski definition) is 4. The van der Waals surface area contributed by atoms with Crippen LogP contribution in [-0.4, -0.2) is 83.2 Å². The number of carboxylic acid groups (broad SMARTS) is 2. The minimum atomic E-state index is -1.47. The Bertz CT molecular complexity index is 1800. The Morgan fingerprint density at radius 1 is 0.733 bits per heavy atom. The zero-order valence-corrected chi connectivity index (χ0v) is 36.7. The van der Waals surface area contributed by atoms with Gasteiger partial charge in [-0.2, -0.15) is 0 Å². The van der Waals surface area contributed by atoms with Crippen LogP contribution in [0.5, 0.6) is 0 Å². The number of carbonyl (C=O) groups is 6. The van der Waals surface area contributed by atoms with Gasteiger partial charge in [0.15, 0.2) is 5.60 Å². The summed E-state index contributed by atoms with van der Waals surface area (Å²) in [5.41, 5.74) is -0.485. The number of aliphatic carboxylic acids is 2. The summed E-state index contributed by atoms with van der Waals surface area (Å²) in [4.78, 5) is 73.3. The van der Waals surface area contributed by atoms with E-state index in [-0.39, 0.29) is 67.4 Å². The summed E-state index contributed by atoms with van der Waals surface area (Å²) in [7, 11) is 3.04. The molecular formula is C42H58B2N2O12P2. The maximum atomic E-state index is 13.1. The fourth-order valence-electron chi connectivity index (χ4n) is 8.03. The summed E-state index contributed by atoms with van der Waals surface area (Å²) in [5, 5.41) is 24.4. The van der Waals surface area contributed by atoms with E-state index in [2.05, 4.69) is 29.0 Å². The van der Waals surface area contributed by atoms with Gasteiger partial charge in [0.2, 0.25) is 0 Å². The lowest BCUT2D eigenvalue weighted by Crippen LogP contribution is -2.50. The van der Waals surface area contributed by atoms with E-state index in [0.717, 1.165) is 49.7 Å². The second kappa shape index (κ2) is 22.0. The van der Waals surface area contributed by atoms with E-state index >= 15 is 0 Å². The van der Waals surface area contributed by atoms with Crippen LogP contribution in [0.15, 0.2) is 60.7 Å². The fraction of sp³-hybridized carbons (Fsp3) is 0.571. The van der Waals surface area contributed by atoms with Gasteiger partial charge in [-0.3, -0.25) is 38.9 Å². The molecule has 60 heavy (non-hydrogen) atoms. The largest absolute Gasteiger partial charge is 0.531 e. The van der Waals surface area contributed by atoms with Gasteiger partial charge in [-0.1, -0.05) is 112 Å². The van der Waals surface area contributed by atoms with Crippen LogP contribution in [-0.2, 0) is 60.2 Å². The molecule has 2 aliphatic heterocycles. The minimum Gasteiger partial charge on any atom is -0.509 e. The maximum Gasteiger partial charge on any atom is 0.531 e. The number of carbonyl (C=O) groups excluding carboxylic acids is 4. The van der Waals surface area contributed by atoms with Crippen LogP contribution in [0.2, 0.25) is 11.6 Å². The van der Waals surface area contributed by atoms with Gasteiger partial charge in [0.1, 0.15) is 11.6 Å². The van der Waals surface area contributed by atoms with E-state index in [9.17, 15) is 39.0 Å². The molecule has 324 valence electrons. The second-order valence-electron chi connectivity index (χ2n) is 17.0. The Balaban J connectivity index is 0.000000228. The number of nitrogens with one attached hydrogen (secondary N) is 2. The number of ketones is 2. The second-order valence-corrected chi connectivity index (χ2v) is 17.7. The van der Waals surface area contributed by atoms with E-state index in [1.807, 2.05) is 60.7 Å². The first-order chi connectivity index (χ1) is 28.6. The number of hydrogen-bond acceptors (Lipinski definition) is 12. The molecule has 0 radical (unpaired) electrons. The molecule has 2 aliphatic carbocycles. The van der Waals surface area contributed by atoms with Crippen LogP contribution in [0.4, 0.5) is 0 Å². The van der Waals surface area contributed by atoms with E-state index in [1.54, 1.807) is 13.8 Å². The van der Waals surface area contributed by atoms with Crippen LogP contribution < -0.4 is 10.2 Å². The van der Waals surface area contributed by atoms with E-state index in [0.29, 0.717) is 24.7 Å². The van der Waals surface area contributed by atoms with Crippen molar-refractivity contribution >= 4 is 68.5 Å². The quantitative estimate of drug-likeness (QED) is 0.0796. The number of rotatable bonds is 23. The Morgan fingerprint density at radius 3 is 1.58 bits per heavy atom. The minimum absolute atomic E-state index is 0.0182. The molecule has 0 aromatic heterocycles. The first-order valence-electron chi connectivity index (χ1n) is 20.9. The van der Waals surface area contributed by atoms with Crippen LogP contribution >= 0.6 is 18.8 Å². The van der Waals surface area contributed by atoms with Crippen molar-refractivity contribution in [2.45, 2.75) is 139 Å². The highest BCUT2D eigenvalue weighted by Crippen LogP contribution is 2.44. The average Bonchev–Trinajstić information content (AvgIpc) is 4.15. The standard InChI is InChI=1S/2C21H29BNO6P/c1-21(12-19(25)26)13-20(27)28-22(29-21)16(9-15-7-8-15)11-18(24)17(23-30)10-14-5-3-2-4-6-14;1-2-21(13-19(25)26)20(27)28-22(29-21)16(10-15-8-9-15)12-18(24)17(23-30)11-14-6-4-3-5-7-14/h2-6,15-17,23H,7-13,30H2,1H3,(H,25,26);3-7,15-17,23H,2,8-13,30H2,1H3,(H,25,26)/t2*16-,17+,21?/m11/s1. The van der Waals surface area contributed by atoms with Crippen molar-refractivity contribution in [3.63, 3.8) is 0 Å². The van der Waals surface area contributed by atoms with Gasteiger partial charge in [-0.05, 0) is 62.0 Å². The third kappa shape index (κ3) is 14.3. The van der Waals surface area contributed by atoms with Gasteiger partial charge in [-0.25, -0.2) is 0 Å². The highest BCUT2D eigenvalue weighted by molar-refractivity contribution is 7.14. The van der Waals surface area contributed by atoms with Crippen molar-refractivity contribution in [2.75, 3.05) is 0 Å². The summed E-state index contributed by atoms with van der Waals surface area (Å²) >= 11 is 0. The summed E-state index contributed by atoms with van der Waals surface area (Å²) in [6.07, 6.45) is 6.73. The molecule has 2 aromatic carbocycles. The van der Waals surface area contributed by atoms with Gasteiger partial charge >= 0.3 is 32.1 Å². The molecule has 4 N–H and O–H groups in total. The molecule has 8 atom stereocenters. The molecule has 0 bridgehead atoms. The van der Waals surface area contributed by atoms with Crippen LogP contribution in [0.1, 0.15) is 102 Å². The molecule has 2 aromatic rings. The van der Waals surface area contributed by atoms with Gasteiger partial charge < -0.3 is 28.8 Å². The van der Waals surface area contributed by atoms with Gasteiger partial charge in [0.05, 0.1) is 36.9 Å². The molecule has 14 nitrogen and oxygen atoms in total. The van der Waals surface area contributed by atoms with Gasteiger partial charge in [-0.15, -0.1) is 0 Å². The monoisotopic (exact) mass is 866 g/mol. The molecule has 4 unspecified atom stereocenters. The van der Waals surface area contributed by atoms with Crippen LogP contribution in [0.3, 0.4) is 0 Å². The van der Waals surface area contributed by atoms with Crippen molar-refractivity contribution in [1.82, 2.24) is 10.2 Å². The van der Waals surface area contributed by atoms with Crippen molar-refractivity contribution < 1.29 is 57.6 Å². The topological polar surface area (TPSA) is 204 Å². The van der Waals surface area contributed by atoms with Crippen LogP contribution in [0, 0.1) is 11.8 Å². The highest BCUT2D eigenvalue weighted by Gasteiger charge is 2.56. The van der Waals surface area contributed by atoms with E-state index in [1.165, 1.54) is 0 Å². The smallest absolute Gasteiger partial charge is 0.509 e. The van der Waals surface area contributed by atoms with Gasteiger partial charge in [0.25, 0.3) is 5.97 Å². The van der Waals surface area contributed by atoms with Crippen LogP contribution in [0.25, 0.3) is 0 Å². The molecule has 2 saturated carbocycles. The van der Waals surface area contributed by atoms with E-state index in [4.69, 9.17) is 18.6 Å². The Labute approximate surface area is 357 Å². The molecule has 2 saturated heterocycles. The lowest BCUT2D eigenvalue weighted by molar-refractivity contribution is -0.153. The third-order valence-corrected chi connectivity index (χ3v) is 12.5. The summed E-state index contributed by atoms with van der Waals surface area (Å²) in [5.74, 6) is -2.81. The first kappa shape index (κ1) is 47.5. The number of Topliss-reactive ketones (excluding diaryl/α,β-unsaturated/α-hetero) is 2. The molecule has 2 heterocycles. The SMILES string of the molecule is CC1(CC(=O)O)CC(=O)OB([C@@H](CC(=O)[C@H](Cc2ccccc2)NP)CC2CC2)O1.CCC1(CC(=O)O)OB([C@@H](CC(=O)[C@H](Cc2ccccc2)NP)CC2CC2)OC1=O. The fourth-order valence-corrected chi connectivity index (χ4v) is 8.63. The molecule has 4 aliphatic rings. The predicted molar refractivity (Wildman–Crippen MR) is 231 cm³/mol. The highest BCUT2D eigenvalue weighted by atomic mass is 31.0. The van der Waals surface area contributed by atoms with Gasteiger partial charge in [0, 0.05) is 24.5 Å². The normalized spacial score (nSPS) is 23.3. The average molecular weight is 866 g/mol. The summed E-state index contributed by atoms with van der Waals surface area (Å²) in [6.45, 7) is 3.33. The molecule has 0 amide bonds. The third-order valence-electron chi connectivity index (χ3n) is 11.7. The summed E-state index contributed by atoms with van der Waals surface area (Å²) < 4.78 is 22.8. The first-order valence-corrected chi connectivity index (χ1v) is 22.1. The lowest BCUT2D eigenvalue weighted by atomic mass is 9.64. The number of benzene rings is 2. The number of carboxylic acids is 2. The van der Waals surface area contributed by atoms with Crippen molar-refractivity contribution in [2.24, 2.45) is 11.8 Å². The molecule has 6 rings (SSSR count). The zero-order valence-electron chi connectivity index (χ0n) is 34.4. The molecular weight excluding hydrogens is 808 g/mol. The Hall–Kier alpha value is -3.51. The van der Waals surface area contributed by atoms with Crippen molar-refractivity contribution in [3.8, 4) is 0 Å². The Morgan fingerprint density at radius 2 is 1.18 bits per heavy atom. The zero-order chi connectivity index (χ0) is 43.5. The lowest BCUT2D eigenvalue weighted by Gasteiger charge is -2.38. The van der Waals surface area contributed by atoms with E-state index < -0.39 is 55.7 Å². The Kier molecular flexibility index (Phi) is 17.5. The molecule has 4 fully saturated rings.